The summed E-state index contributed by atoms with van der Waals surface area (Å²) in [7, 11) is 0. The molecule has 0 aromatic heterocycles. The van der Waals surface area contributed by atoms with Gasteiger partial charge in [0.25, 0.3) is 5.91 Å². The van der Waals surface area contributed by atoms with Crippen molar-refractivity contribution in [3.05, 3.63) is 53.6 Å². The van der Waals surface area contributed by atoms with Gasteiger partial charge in [0.05, 0.1) is 19.8 Å². The zero-order chi connectivity index (χ0) is 20.1. The fraction of sp³-hybridized carbons (Fsp3) is 0.364. The standard InChI is InChI=1S/C22H26N2O4/c1-22(2,3)16-7-5-15(6-8-16)21(26)23-14-20(25)24-17-9-10-18-19(13-17)28-12-4-11-27-18/h5-10,13H,4,11-12,14H2,1-3H3,(H,23,26)(H,24,25). The van der Waals surface area contributed by atoms with Crippen LogP contribution in [-0.4, -0.2) is 31.6 Å². The summed E-state index contributed by atoms with van der Waals surface area (Å²) in [6.45, 7) is 7.42. The fourth-order valence-electron chi connectivity index (χ4n) is 2.83. The van der Waals surface area contributed by atoms with E-state index in [0.717, 1.165) is 12.0 Å². The van der Waals surface area contributed by atoms with E-state index in [4.69, 9.17) is 9.47 Å². The summed E-state index contributed by atoms with van der Waals surface area (Å²) in [5.74, 6) is 0.684. The van der Waals surface area contributed by atoms with Gasteiger partial charge in [-0.3, -0.25) is 9.59 Å². The Labute approximate surface area is 165 Å². The molecule has 1 heterocycles. The minimum Gasteiger partial charge on any atom is -0.490 e. The molecule has 28 heavy (non-hydrogen) atoms. The van der Waals surface area contributed by atoms with Crippen LogP contribution in [0.3, 0.4) is 0 Å². The van der Waals surface area contributed by atoms with Crippen molar-refractivity contribution < 1.29 is 19.1 Å². The van der Waals surface area contributed by atoms with Crippen molar-refractivity contribution in [2.75, 3.05) is 25.1 Å². The Morgan fingerprint density at radius 3 is 2.32 bits per heavy atom. The van der Waals surface area contributed by atoms with Crippen molar-refractivity contribution in [2.45, 2.75) is 32.6 Å². The molecule has 2 amide bonds. The van der Waals surface area contributed by atoms with Crippen molar-refractivity contribution in [1.29, 1.82) is 0 Å². The van der Waals surface area contributed by atoms with Gasteiger partial charge in [-0.2, -0.15) is 0 Å². The maximum Gasteiger partial charge on any atom is 0.251 e. The predicted molar refractivity (Wildman–Crippen MR) is 108 cm³/mol. The van der Waals surface area contributed by atoms with Gasteiger partial charge >= 0.3 is 0 Å². The minimum atomic E-state index is -0.311. The molecule has 6 nitrogen and oxygen atoms in total. The normalized spacial score (nSPS) is 13.4. The van der Waals surface area contributed by atoms with E-state index in [1.807, 2.05) is 12.1 Å². The van der Waals surface area contributed by atoms with Crippen LogP contribution in [-0.2, 0) is 10.2 Å². The number of hydrogen-bond acceptors (Lipinski definition) is 4. The third kappa shape index (κ3) is 5.03. The number of carbonyl (C=O) groups is 2. The van der Waals surface area contributed by atoms with E-state index >= 15 is 0 Å². The number of amides is 2. The lowest BCUT2D eigenvalue weighted by molar-refractivity contribution is -0.115. The molecule has 2 N–H and O–H groups in total. The van der Waals surface area contributed by atoms with Gasteiger partial charge in [0.15, 0.2) is 11.5 Å². The average Bonchev–Trinajstić information content (AvgIpc) is 2.90. The highest BCUT2D eigenvalue weighted by atomic mass is 16.5. The Bertz CT molecular complexity index is 854. The number of hydrogen-bond donors (Lipinski definition) is 2. The first-order valence-corrected chi connectivity index (χ1v) is 9.41. The third-order valence-corrected chi connectivity index (χ3v) is 4.45. The molecular formula is C22H26N2O4. The van der Waals surface area contributed by atoms with Crippen LogP contribution in [0, 0.1) is 0 Å². The fourth-order valence-corrected chi connectivity index (χ4v) is 2.83. The molecule has 0 unspecified atom stereocenters. The van der Waals surface area contributed by atoms with Crippen molar-refractivity contribution in [3.63, 3.8) is 0 Å². The monoisotopic (exact) mass is 382 g/mol. The number of carbonyl (C=O) groups excluding carboxylic acids is 2. The van der Waals surface area contributed by atoms with Crippen LogP contribution in [0.4, 0.5) is 5.69 Å². The van der Waals surface area contributed by atoms with Gasteiger partial charge in [0.2, 0.25) is 5.91 Å². The van der Waals surface area contributed by atoms with Crippen LogP contribution < -0.4 is 20.1 Å². The van der Waals surface area contributed by atoms with Crippen molar-refractivity contribution in [2.24, 2.45) is 0 Å². The lowest BCUT2D eigenvalue weighted by Gasteiger charge is -2.19. The summed E-state index contributed by atoms with van der Waals surface area (Å²) in [5.41, 5.74) is 2.29. The quantitative estimate of drug-likeness (QED) is 0.848. The molecule has 3 rings (SSSR count). The zero-order valence-electron chi connectivity index (χ0n) is 16.5. The average molecular weight is 382 g/mol. The Morgan fingerprint density at radius 2 is 1.64 bits per heavy atom. The maximum atomic E-state index is 12.3. The number of rotatable bonds is 4. The summed E-state index contributed by atoms with van der Waals surface area (Å²) < 4.78 is 11.2. The van der Waals surface area contributed by atoms with E-state index in [9.17, 15) is 9.59 Å². The van der Waals surface area contributed by atoms with Gasteiger partial charge in [0, 0.05) is 23.7 Å². The molecule has 0 spiro atoms. The van der Waals surface area contributed by atoms with Crippen LogP contribution in [0.1, 0.15) is 43.1 Å². The molecule has 0 fully saturated rings. The van der Waals surface area contributed by atoms with Crippen molar-refractivity contribution in [1.82, 2.24) is 5.32 Å². The van der Waals surface area contributed by atoms with Gasteiger partial charge in [-0.25, -0.2) is 0 Å². The molecule has 6 heteroatoms. The molecule has 0 bridgehead atoms. The largest absolute Gasteiger partial charge is 0.490 e. The number of anilines is 1. The highest BCUT2D eigenvalue weighted by Crippen LogP contribution is 2.32. The second kappa shape index (κ2) is 8.33. The Morgan fingerprint density at radius 1 is 0.964 bits per heavy atom. The Balaban J connectivity index is 1.54. The molecule has 1 aliphatic heterocycles. The van der Waals surface area contributed by atoms with Crippen LogP contribution in [0.15, 0.2) is 42.5 Å². The van der Waals surface area contributed by atoms with Crippen molar-refractivity contribution in [3.8, 4) is 11.5 Å². The van der Waals surface area contributed by atoms with E-state index < -0.39 is 0 Å². The molecule has 0 radical (unpaired) electrons. The minimum absolute atomic E-state index is 0.0253. The molecular weight excluding hydrogens is 356 g/mol. The van der Waals surface area contributed by atoms with Gasteiger partial charge in [-0.05, 0) is 35.2 Å². The number of fused-ring (bicyclic) bond motifs is 1. The van der Waals surface area contributed by atoms with Gasteiger partial charge in [-0.1, -0.05) is 32.9 Å². The second-order valence-corrected chi connectivity index (χ2v) is 7.77. The summed E-state index contributed by atoms with van der Waals surface area (Å²) in [6.07, 6.45) is 0.819. The molecule has 0 saturated heterocycles. The molecule has 148 valence electrons. The third-order valence-electron chi connectivity index (χ3n) is 4.45. The first-order valence-electron chi connectivity index (χ1n) is 9.41. The van der Waals surface area contributed by atoms with Crippen molar-refractivity contribution >= 4 is 17.5 Å². The van der Waals surface area contributed by atoms with E-state index in [1.54, 1.807) is 30.3 Å². The number of nitrogens with one attached hydrogen (secondary N) is 2. The Hall–Kier alpha value is -3.02. The van der Waals surface area contributed by atoms with Gasteiger partial charge in [0.1, 0.15) is 0 Å². The van der Waals surface area contributed by atoms with E-state index in [-0.39, 0.29) is 23.8 Å². The molecule has 1 aliphatic rings. The van der Waals surface area contributed by atoms with Gasteiger partial charge in [-0.15, -0.1) is 0 Å². The highest BCUT2D eigenvalue weighted by Gasteiger charge is 2.15. The summed E-state index contributed by atoms with van der Waals surface area (Å²) >= 11 is 0. The molecule has 0 atom stereocenters. The summed E-state index contributed by atoms with van der Waals surface area (Å²) in [4.78, 5) is 24.4. The summed E-state index contributed by atoms with van der Waals surface area (Å²) in [5, 5.41) is 5.40. The van der Waals surface area contributed by atoms with E-state index in [1.165, 1.54) is 0 Å². The molecule has 0 saturated carbocycles. The predicted octanol–water partition coefficient (Wildman–Crippen LogP) is 3.51. The Kier molecular flexibility index (Phi) is 5.87. The second-order valence-electron chi connectivity index (χ2n) is 7.77. The first-order chi connectivity index (χ1) is 13.3. The highest BCUT2D eigenvalue weighted by molar-refractivity contribution is 5.99. The number of benzene rings is 2. The molecule has 2 aromatic rings. The van der Waals surface area contributed by atoms with Crippen LogP contribution >= 0.6 is 0 Å². The SMILES string of the molecule is CC(C)(C)c1ccc(C(=O)NCC(=O)Nc2ccc3c(c2)OCCCO3)cc1. The summed E-state index contributed by atoms with van der Waals surface area (Å²) in [6, 6.07) is 12.7. The van der Waals surface area contributed by atoms with Gasteiger partial charge < -0.3 is 20.1 Å². The van der Waals surface area contributed by atoms with Crippen LogP contribution in [0.5, 0.6) is 11.5 Å². The van der Waals surface area contributed by atoms with Crippen LogP contribution in [0.25, 0.3) is 0 Å². The molecule has 2 aromatic carbocycles. The lowest BCUT2D eigenvalue weighted by Crippen LogP contribution is -2.32. The molecule has 0 aliphatic carbocycles. The topological polar surface area (TPSA) is 76.7 Å². The first kappa shape index (κ1) is 19.7. The van der Waals surface area contributed by atoms with Crippen LogP contribution in [0.2, 0.25) is 0 Å². The zero-order valence-corrected chi connectivity index (χ0v) is 16.5. The number of ether oxygens (including phenoxy) is 2. The smallest absolute Gasteiger partial charge is 0.251 e. The maximum absolute atomic E-state index is 12.3. The van der Waals surface area contributed by atoms with E-state index in [2.05, 4.69) is 31.4 Å². The lowest BCUT2D eigenvalue weighted by atomic mass is 9.87. The van der Waals surface area contributed by atoms with E-state index in [0.29, 0.717) is 36.0 Å².